The summed E-state index contributed by atoms with van der Waals surface area (Å²) in [4.78, 5) is 2.11. The summed E-state index contributed by atoms with van der Waals surface area (Å²) in [5.41, 5.74) is 2.35. The van der Waals surface area contributed by atoms with Gasteiger partial charge in [-0.1, -0.05) is 24.3 Å². The third-order valence-electron chi connectivity index (χ3n) is 3.70. The SMILES string of the molecule is OCC1c2ccccc2CCN1CCCOCC(F)(F)F. The van der Waals surface area contributed by atoms with Crippen molar-refractivity contribution in [3.8, 4) is 0 Å². The second-order valence-corrected chi connectivity index (χ2v) is 5.20. The summed E-state index contributed by atoms with van der Waals surface area (Å²) in [6.07, 6.45) is -2.84. The van der Waals surface area contributed by atoms with Gasteiger partial charge in [-0.3, -0.25) is 4.90 Å². The van der Waals surface area contributed by atoms with Crippen LogP contribution in [-0.2, 0) is 11.2 Å². The number of benzene rings is 1. The van der Waals surface area contributed by atoms with Crippen molar-refractivity contribution in [1.82, 2.24) is 4.90 Å². The van der Waals surface area contributed by atoms with Crippen LogP contribution >= 0.6 is 0 Å². The third kappa shape index (κ3) is 4.69. The summed E-state index contributed by atoms with van der Waals surface area (Å²) in [6.45, 7) is 0.328. The molecule has 6 heteroatoms. The Balaban J connectivity index is 1.82. The van der Waals surface area contributed by atoms with Crippen LogP contribution in [0.4, 0.5) is 13.2 Å². The van der Waals surface area contributed by atoms with E-state index in [-0.39, 0.29) is 19.3 Å². The van der Waals surface area contributed by atoms with Gasteiger partial charge in [0.25, 0.3) is 0 Å². The van der Waals surface area contributed by atoms with Crippen LogP contribution in [0.15, 0.2) is 24.3 Å². The van der Waals surface area contributed by atoms with E-state index in [0.29, 0.717) is 13.0 Å². The molecule has 0 saturated heterocycles. The number of nitrogens with zero attached hydrogens (tertiary/aromatic N) is 1. The first-order valence-electron chi connectivity index (χ1n) is 7.08. The number of hydrogen-bond acceptors (Lipinski definition) is 3. The fourth-order valence-electron chi connectivity index (χ4n) is 2.74. The quantitative estimate of drug-likeness (QED) is 0.820. The Morgan fingerprint density at radius 1 is 1.29 bits per heavy atom. The lowest BCUT2D eigenvalue weighted by Crippen LogP contribution is -2.38. The Labute approximate surface area is 122 Å². The van der Waals surface area contributed by atoms with Gasteiger partial charge >= 0.3 is 6.18 Å². The zero-order valence-electron chi connectivity index (χ0n) is 11.8. The molecular formula is C15H20F3NO2. The minimum atomic E-state index is -4.27. The third-order valence-corrected chi connectivity index (χ3v) is 3.70. The van der Waals surface area contributed by atoms with E-state index in [1.165, 1.54) is 5.56 Å². The molecule has 0 spiro atoms. The van der Waals surface area contributed by atoms with Gasteiger partial charge in [0, 0.05) is 19.7 Å². The van der Waals surface area contributed by atoms with Crippen LogP contribution < -0.4 is 0 Å². The van der Waals surface area contributed by atoms with Crippen molar-refractivity contribution in [3.05, 3.63) is 35.4 Å². The number of halogens is 3. The summed E-state index contributed by atoms with van der Waals surface area (Å²) in [5, 5.41) is 9.60. The number of hydrogen-bond donors (Lipinski definition) is 1. The van der Waals surface area contributed by atoms with Crippen molar-refractivity contribution < 1.29 is 23.0 Å². The number of aliphatic hydroxyl groups is 1. The highest BCUT2D eigenvalue weighted by Crippen LogP contribution is 2.29. The van der Waals surface area contributed by atoms with E-state index in [1.807, 2.05) is 18.2 Å². The molecule has 1 aliphatic rings. The van der Waals surface area contributed by atoms with E-state index in [0.717, 1.165) is 18.5 Å². The predicted octanol–water partition coefficient (Wildman–Crippen LogP) is 2.55. The Hall–Kier alpha value is -1.11. The van der Waals surface area contributed by atoms with Gasteiger partial charge < -0.3 is 9.84 Å². The van der Waals surface area contributed by atoms with Crippen LogP contribution in [0, 0.1) is 0 Å². The Bertz CT molecular complexity index is 451. The smallest absolute Gasteiger partial charge is 0.394 e. The number of fused-ring (bicyclic) bond motifs is 1. The molecule has 2 rings (SSSR count). The first-order chi connectivity index (χ1) is 10.0. The second kappa shape index (κ2) is 7.24. The van der Waals surface area contributed by atoms with Crippen molar-refractivity contribution in [2.45, 2.75) is 25.1 Å². The van der Waals surface area contributed by atoms with E-state index in [2.05, 4.69) is 15.7 Å². The highest BCUT2D eigenvalue weighted by molar-refractivity contribution is 5.32. The molecule has 1 unspecified atom stereocenters. The number of aliphatic hydroxyl groups excluding tert-OH is 1. The number of alkyl halides is 3. The molecule has 0 saturated carbocycles. The molecule has 118 valence electrons. The van der Waals surface area contributed by atoms with Crippen molar-refractivity contribution in [2.75, 3.05) is 32.9 Å². The Kier molecular flexibility index (Phi) is 5.61. The molecule has 0 bridgehead atoms. The molecule has 1 N–H and O–H groups in total. The average Bonchev–Trinajstić information content (AvgIpc) is 2.45. The van der Waals surface area contributed by atoms with Crippen LogP contribution in [0.2, 0.25) is 0 Å². The van der Waals surface area contributed by atoms with Crippen LogP contribution in [-0.4, -0.2) is 49.1 Å². The van der Waals surface area contributed by atoms with E-state index in [9.17, 15) is 18.3 Å². The lowest BCUT2D eigenvalue weighted by Gasteiger charge is -2.36. The van der Waals surface area contributed by atoms with Crippen LogP contribution in [0.3, 0.4) is 0 Å². The fourth-order valence-corrected chi connectivity index (χ4v) is 2.74. The lowest BCUT2D eigenvalue weighted by molar-refractivity contribution is -0.174. The van der Waals surface area contributed by atoms with Gasteiger partial charge in [-0.25, -0.2) is 0 Å². The minimum absolute atomic E-state index is 0.0143. The molecule has 0 aromatic heterocycles. The van der Waals surface area contributed by atoms with Crippen LogP contribution in [0.25, 0.3) is 0 Å². The topological polar surface area (TPSA) is 32.7 Å². The molecular weight excluding hydrogens is 283 g/mol. The first-order valence-corrected chi connectivity index (χ1v) is 7.08. The van der Waals surface area contributed by atoms with Gasteiger partial charge in [-0.2, -0.15) is 13.2 Å². The fraction of sp³-hybridized carbons (Fsp3) is 0.600. The lowest BCUT2D eigenvalue weighted by atomic mass is 9.93. The van der Waals surface area contributed by atoms with Gasteiger partial charge in [0.15, 0.2) is 0 Å². The maximum absolute atomic E-state index is 12.0. The van der Waals surface area contributed by atoms with E-state index in [4.69, 9.17) is 0 Å². The number of ether oxygens (including phenoxy) is 1. The van der Waals surface area contributed by atoms with Gasteiger partial charge in [0.2, 0.25) is 0 Å². The van der Waals surface area contributed by atoms with E-state index >= 15 is 0 Å². The zero-order chi connectivity index (χ0) is 15.3. The standard InChI is InChI=1S/C15H20F3NO2/c16-15(17,18)11-21-9-3-7-19-8-6-12-4-1-2-5-13(12)14(19)10-20/h1-2,4-5,14,20H,3,6-11H2. The maximum atomic E-state index is 12.0. The zero-order valence-corrected chi connectivity index (χ0v) is 11.8. The van der Waals surface area contributed by atoms with Crippen molar-refractivity contribution in [1.29, 1.82) is 0 Å². The molecule has 0 fully saturated rings. The summed E-state index contributed by atoms with van der Waals surface area (Å²) in [7, 11) is 0. The summed E-state index contributed by atoms with van der Waals surface area (Å²) in [5.74, 6) is 0. The van der Waals surface area contributed by atoms with Crippen LogP contribution in [0.5, 0.6) is 0 Å². The molecule has 3 nitrogen and oxygen atoms in total. The molecule has 0 amide bonds. The molecule has 0 radical (unpaired) electrons. The van der Waals surface area contributed by atoms with Gasteiger partial charge in [0.05, 0.1) is 12.6 Å². The van der Waals surface area contributed by atoms with E-state index in [1.54, 1.807) is 0 Å². The maximum Gasteiger partial charge on any atom is 0.411 e. The summed E-state index contributed by atoms with van der Waals surface area (Å²) >= 11 is 0. The highest BCUT2D eigenvalue weighted by atomic mass is 19.4. The molecule has 1 aromatic carbocycles. The van der Waals surface area contributed by atoms with Crippen molar-refractivity contribution in [2.24, 2.45) is 0 Å². The van der Waals surface area contributed by atoms with Gasteiger partial charge in [0.1, 0.15) is 6.61 Å². The number of rotatable bonds is 6. The predicted molar refractivity (Wildman–Crippen MR) is 73.0 cm³/mol. The first kappa shape index (κ1) is 16.3. The molecule has 1 heterocycles. The minimum Gasteiger partial charge on any atom is -0.394 e. The molecule has 0 aliphatic carbocycles. The van der Waals surface area contributed by atoms with E-state index < -0.39 is 12.8 Å². The second-order valence-electron chi connectivity index (χ2n) is 5.20. The Morgan fingerprint density at radius 3 is 2.76 bits per heavy atom. The molecule has 1 aromatic rings. The molecule has 1 atom stereocenters. The van der Waals surface area contributed by atoms with Gasteiger partial charge in [-0.05, 0) is 24.0 Å². The monoisotopic (exact) mass is 303 g/mol. The average molecular weight is 303 g/mol. The van der Waals surface area contributed by atoms with Crippen molar-refractivity contribution >= 4 is 0 Å². The van der Waals surface area contributed by atoms with Crippen LogP contribution in [0.1, 0.15) is 23.6 Å². The molecule has 1 aliphatic heterocycles. The summed E-state index contributed by atoms with van der Waals surface area (Å²) in [6, 6.07) is 7.91. The highest BCUT2D eigenvalue weighted by Gasteiger charge is 2.28. The van der Waals surface area contributed by atoms with Crippen molar-refractivity contribution in [3.63, 3.8) is 0 Å². The summed E-state index contributed by atoms with van der Waals surface area (Å²) < 4.78 is 40.5. The van der Waals surface area contributed by atoms with Gasteiger partial charge in [-0.15, -0.1) is 0 Å². The normalized spacial score (nSPS) is 19.5. The Morgan fingerprint density at radius 2 is 2.05 bits per heavy atom. The largest absolute Gasteiger partial charge is 0.411 e. The molecule has 21 heavy (non-hydrogen) atoms.